The zero-order valence-electron chi connectivity index (χ0n) is 11.9. The van der Waals surface area contributed by atoms with Crippen LogP contribution in [-0.4, -0.2) is 12.5 Å². The third-order valence-electron chi connectivity index (χ3n) is 3.03. The van der Waals surface area contributed by atoms with Crippen molar-refractivity contribution in [2.24, 2.45) is 0 Å². The third-order valence-corrected chi connectivity index (χ3v) is 3.27. The molecule has 5 heteroatoms. The number of rotatable bonds is 4. The molecule has 0 saturated carbocycles. The number of benzene rings is 2. The van der Waals surface area contributed by atoms with Gasteiger partial charge in [0.1, 0.15) is 5.75 Å². The minimum atomic E-state index is -0.239. The van der Waals surface area contributed by atoms with Crippen molar-refractivity contribution >= 4 is 28.9 Å². The third kappa shape index (κ3) is 4.13. The Bertz CT molecular complexity index is 671. The van der Waals surface area contributed by atoms with Crippen molar-refractivity contribution in [1.29, 1.82) is 0 Å². The van der Waals surface area contributed by atoms with E-state index in [-0.39, 0.29) is 12.5 Å². The van der Waals surface area contributed by atoms with Gasteiger partial charge in [0.15, 0.2) is 6.61 Å². The molecule has 1 amide bonds. The van der Waals surface area contributed by atoms with Gasteiger partial charge in [-0.3, -0.25) is 4.79 Å². The summed E-state index contributed by atoms with van der Waals surface area (Å²) in [5.74, 6) is 0.402. The molecule has 0 spiro atoms. The second-order valence-electron chi connectivity index (χ2n) is 4.82. The van der Waals surface area contributed by atoms with E-state index in [0.29, 0.717) is 22.1 Å². The predicted molar refractivity (Wildman–Crippen MR) is 85.9 cm³/mol. The van der Waals surface area contributed by atoms with Gasteiger partial charge < -0.3 is 15.8 Å². The van der Waals surface area contributed by atoms with Crippen LogP contribution in [0.25, 0.3) is 0 Å². The summed E-state index contributed by atoms with van der Waals surface area (Å²) >= 11 is 5.91. The molecule has 0 unspecified atom stereocenters. The molecule has 110 valence electrons. The van der Waals surface area contributed by atoms with Gasteiger partial charge in [0, 0.05) is 16.4 Å². The van der Waals surface area contributed by atoms with Crippen molar-refractivity contribution in [1.82, 2.24) is 0 Å². The number of carbonyl (C=O) groups is 1. The molecule has 0 aromatic heterocycles. The molecule has 0 saturated heterocycles. The van der Waals surface area contributed by atoms with Gasteiger partial charge in [-0.2, -0.15) is 0 Å². The van der Waals surface area contributed by atoms with Crippen molar-refractivity contribution < 1.29 is 9.53 Å². The van der Waals surface area contributed by atoms with Gasteiger partial charge in [0.05, 0.1) is 0 Å². The first-order chi connectivity index (χ1) is 9.95. The smallest absolute Gasteiger partial charge is 0.262 e. The first kappa shape index (κ1) is 15.2. The maximum Gasteiger partial charge on any atom is 0.262 e. The molecule has 2 aromatic rings. The van der Waals surface area contributed by atoms with E-state index in [4.69, 9.17) is 22.1 Å². The Kier molecular flexibility index (Phi) is 4.70. The lowest BCUT2D eigenvalue weighted by Crippen LogP contribution is -2.20. The average molecular weight is 305 g/mol. The first-order valence-corrected chi connectivity index (χ1v) is 6.88. The average Bonchev–Trinajstić information content (AvgIpc) is 2.42. The van der Waals surface area contributed by atoms with Gasteiger partial charge in [0.2, 0.25) is 0 Å². The number of halogens is 1. The Labute approximate surface area is 128 Å². The maximum absolute atomic E-state index is 11.9. The Balaban J connectivity index is 1.97. The number of nitrogens with one attached hydrogen (secondary N) is 1. The van der Waals surface area contributed by atoms with E-state index in [2.05, 4.69) is 5.32 Å². The number of ether oxygens (including phenoxy) is 1. The van der Waals surface area contributed by atoms with E-state index in [0.717, 1.165) is 11.1 Å². The summed E-state index contributed by atoms with van der Waals surface area (Å²) in [7, 11) is 0. The minimum Gasteiger partial charge on any atom is -0.483 e. The van der Waals surface area contributed by atoms with Crippen molar-refractivity contribution in [3.05, 3.63) is 52.5 Å². The van der Waals surface area contributed by atoms with Crippen LogP contribution in [0.4, 0.5) is 11.4 Å². The quantitative estimate of drug-likeness (QED) is 0.849. The second kappa shape index (κ2) is 6.50. The van der Waals surface area contributed by atoms with Crippen molar-refractivity contribution in [2.45, 2.75) is 13.8 Å². The second-order valence-corrected chi connectivity index (χ2v) is 5.26. The van der Waals surface area contributed by atoms with Gasteiger partial charge in [-0.1, -0.05) is 17.7 Å². The normalized spacial score (nSPS) is 10.2. The van der Waals surface area contributed by atoms with Crippen molar-refractivity contribution in [3.63, 3.8) is 0 Å². The highest BCUT2D eigenvalue weighted by molar-refractivity contribution is 6.31. The van der Waals surface area contributed by atoms with E-state index in [1.807, 2.05) is 19.9 Å². The number of amides is 1. The maximum atomic E-state index is 11.9. The Morgan fingerprint density at radius 1 is 1.19 bits per heavy atom. The Hall–Kier alpha value is -2.20. The lowest BCUT2D eigenvalue weighted by Gasteiger charge is -2.11. The van der Waals surface area contributed by atoms with Crippen LogP contribution < -0.4 is 15.8 Å². The van der Waals surface area contributed by atoms with Crippen LogP contribution in [0, 0.1) is 13.8 Å². The van der Waals surface area contributed by atoms with Crippen LogP contribution in [0.5, 0.6) is 5.75 Å². The monoisotopic (exact) mass is 304 g/mol. The highest BCUT2D eigenvalue weighted by Crippen LogP contribution is 2.21. The summed E-state index contributed by atoms with van der Waals surface area (Å²) in [4.78, 5) is 11.9. The highest BCUT2D eigenvalue weighted by atomic mass is 35.5. The van der Waals surface area contributed by atoms with E-state index >= 15 is 0 Å². The molecule has 0 atom stereocenters. The van der Waals surface area contributed by atoms with Crippen molar-refractivity contribution in [2.75, 3.05) is 17.7 Å². The fraction of sp³-hybridized carbons (Fsp3) is 0.188. The van der Waals surface area contributed by atoms with Crippen molar-refractivity contribution in [3.8, 4) is 5.75 Å². The van der Waals surface area contributed by atoms with Crippen LogP contribution in [-0.2, 0) is 4.79 Å². The molecule has 0 aliphatic rings. The van der Waals surface area contributed by atoms with Crippen LogP contribution in [0.15, 0.2) is 36.4 Å². The molecule has 4 nitrogen and oxygen atoms in total. The van der Waals surface area contributed by atoms with Gasteiger partial charge >= 0.3 is 0 Å². The summed E-state index contributed by atoms with van der Waals surface area (Å²) in [6.45, 7) is 3.71. The van der Waals surface area contributed by atoms with Gasteiger partial charge in [-0.25, -0.2) is 0 Å². The fourth-order valence-corrected chi connectivity index (χ4v) is 2.07. The molecule has 0 radical (unpaired) electrons. The summed E-state index contributed by atoms with van der Waals surface area (Å²) in [6, 6.07) is 10.6. The van der Waals surface area contributed by atoms with Gasteiger partial charge in [-0.15, -0.1) is 0 Å². The zero-order valence-corrected chi connectivity index (χ0v) is 12.7. The zero-order chi connectivity index (χ0) is 15.4. The van der Waals surface area contributed by atoms with Crippen LogP contribution in [0.1, 0.15) is 11.1 Å². The number of aryl methyl sites for hydroxylation is 2. The molecule has 0 aliphatic carbocycles. The molecule has 21 heavy (non-hydrogen) atoms. The first-order valence-electron chi connectivity index (χ1n) is 6.50. The molecule has 0 aliphatic heterocycles. The number of nitrogens with two attached hydrogens (primary N) is 1. The number of hydrogen-bond acceptors (Lipinski definition) is 3. The highest BCUT2D eigenvalue weighted by Gasteiger charge is 2.08. The SMILES string of the molecule is Cc1ccc(Cl)cc1NC(=O)COc1ccc(N)cc1C. The van der Waals surface area contributed by atoms with Gasteiger partial charge in [0.25, 0.3) is 5.91 Å². The lowest BCUT2D eigenvalue weighted by molar-refractivity contribution is -0.118. The summed E-state index contributed by atoms with van der Waals surface area (Å²) in [6.07, 6.45) is 0. The molecular formula is C16H17ClN2O2. The number of hydrogen-bond donors (Lipinski definition) is 2. The van der Waals surface area contributed by atoms with E-state index in [9.17, 15) is 4.79 Å². The number of anilines is 2. The molecule has 2 aromatic carbocycles. The standard InChI is InChI=1S/C16H17ClN2O2/c1-10-3-4-12(17)8-14(10)19-16(20)9-21-15-6-5-13(18)7-11(15)2/h3-8H,9,18H2,1-2H3,(H,19,20). The van der Waals surface area contributed by atoms with E-state index < -0.39 is 0 Å². The number of carbonyl (C=O) groups excluding carboxylic acids is 1. The minimum absolute atomic E-state index is 0.0727. The topological polar surface area (TPSA) is 64.3 Å². The van der Waals surface area contributed by atoms with Crippen LogP contribution in [0.3, 0.4) is 0 Å². The Morgan fingerprint density at radius 2 is 1.95 bits per heavy atom. The molecule has 0 heterocycles. The fourth-order valence-electron chi connectivity index (χ4n) is 1.89. The summed E-state index contributed by atoms with van der Waals surface area (Å²) in [5.41, 5.74) is 8.85. The number of nitrogen functional groups attached to an aromatic ring is 1. The molecule has 2 rings (SSSR count). The molecular weight excluding hydrogens is 288 g/mol. The predicted octanol–water partition coefficient (Wildman–Crippen LogP) is 3.56. The van der Waals surface area contributed by atoms with E-state index in [1.54, 1.807) is 30.3 Å². The van der Waals surface area contributed by atoms with Crippen LogP contribution >= 0.6 is 11.6 Å². The largest absolute Gasteiger partial charge is 0.483 e. The summed E-state index contributed by atoms with van der Waals surface area (Å²) < 4.78 is 5.50. The van der Waals surface area contributed by atoms with Gasteiger partial charge in [-0.05, 0) is 55.3 Å². The lowest BCUT2D eigenvalue weighted by atomic mass is 10.2. The molecule has 3 N–H and O–H groups in total. The molecule has 0 bridgehead atoms. The summed E-state index contributed by atoms with van der Waals surface area (Å²) in [5, 5.41) is 3.35. The Morgan fingerprint density at radius 3 is 2.67 bits per heavy atom. The van der Waals surface area contributed by atoms with Crippen LogP contribution in [0.2, 0.25) is 5.02 Å². The van der Waals surface area contributed by atoms with E-state index in [1.165, 1.54) is 0 Å². The molecule has 0 fully saturated rings.